The molecule has 5 aliphatic carbocycles. The first-order chi connectivity index (χ1) is 18.5. The molecule has 5 aliphatic rings. The lowest BCUT2D eigenvalue weighted by Gasteiger charge is -2.61. The lowest BCUT2D eigenvalue weighted by atomic mass is 9.47. The van der Waals surface area contributed by atoms with Crippen LogP contribution in [0.15, 0.2) is 0 Å². The summed E-state index contributed by atoms with van der Waals surface area (Å²) < 4.78 is 0. The Morgan fingerprint density at radius 2 is 1.67 bits per heavy atom. The number of fused-ring (bicyclic) bond motifs is 3. The summed E-state index contributed by atoms with van der Waals surface area (Å²) in [6, 6.07) is 0.208. The van der Waals surface area contributed by atoms with E-state index < -0.39 is 59.5 Å². The van der Waals surface area contributed by atoms with Crippen LogP contribution >= 0.6 is 0 Å². The molecule has 0 spiro atoms. The van der Waals surface area contributed by atoms with Crippen LogP contribution in [0.4, 0.5) is 0 Å². The lowest BCUT2D eigenvalue weighted by Crippen LogP contribution is -2.72. The van der Waals surface area contributed by atoms with Crippen LogP contribution in [0.1, 0.15) is 71.6 Å². The van der Waals surface area contributed by atoms with Gasteiger partial charge in [0.2, 0.25) is 0 Å². The second-order valence-electron chi connectivity index (χ2n) is 14.5. The van der Waals surface area contributed by atoms with E-state index in [1.165, 1.54) is 32.1 Å². The number of aliphatic hydroxyl groups is 5. The van der Waals surface area contributed by atoms with Gasteiger partial charge >= 0.3 is 0 Å². The zero-order valence-electron chi connectivity index (χ0n) is 24.5. The van der Waals surface area contributed by atoms with Crippen LogP contribution in [-0.2, 0) is 4.79 Å². The molecule has 0 aromatic rings. The minimum absolute atomic E-state index is 0.0122. The van der Waals surface area contributed by atoms with E-state index >= 15 is 0 Å². The van der Waals surface area contributed by atoms with Crippen LogP contribution < -0.4 is 5.32 Å². The third-order valence-corrected chi connectivity index (χ3v) is 12.1. The Morgan fingerprint density at radius 1 is 0.974 bits per heavy atom. The second-order valence-corrected chi connectivity index (χ2v) is 14.5. The quantitative estimate of drug-likeness (QED) is 0.293. The molecule has 0 radical (unpaired) electrons. The summed E-state index contributed by atoms with van der Waals surface area (Å²) in [6.07, 6.45) is 5.18. The third kappa shape index (κ3) is 5.15. The van der Waals surface area contributed by atoms with E-state index in [4.69, 9.17) is 0 Å². The first-order valence-corrected chi connectivity index (χ1v) is 15.8. The first-order valence-electron chi connectivity index (χ1n) is 15.8. The van der Waals surface area contributed by atoms with Gasteiger partial charge in [-0.1, -0.05) is 26.2 Å². The lowest BCUT2D eigenvalue weighted by molar-refractivity contribution is -0.244. The van der Waals surface area contributed by atoms with E-state index in [0.717, 1.165) is 19.4 Å². The maximum Gasteiger partial charge on any atom is 0.173 e. The molecule has 0 aromatic heterocycles. The molecular weight excluding hydrogens is 496 g/mol. The highest BCUT2D eigenvalue weighted by atomic mass is 16.4. The van der Waals surface area contributed by atoms with Gasteiger partial charge in [0.05, 0.1) is 24.4 Å². The number of Topliss-reactive ketones (excluding diaryl/α,β-unsaturated/α-hetero) is 1. The number of ketones is 1. The molecule has 0 bridgehead atoms. The third-order valence-electron chi connectivity index (χ3n) is 12.1. The van der Waals surface area contributed by atoms with Crippen molar-refractivity contribution in [2.45, 2.75) is 108 Å². The predicted octanol–water partition coefficient (Wildman–Crippen LogP) is 1.41. The molecule has 39 heavy (non-hydrogen) atoms. The smallest absolute Gasteiger partial charge is 0.173 e. The van der Waals surface area contributed by atoms with Gasteiger partial charge in [-0.15, -0.1) is 0 Å². The summed E-state index contributed by atoms with van der Waals surface area (Å²) in [7, 11) is 4.16. The summed E-state index contributed by atoms with van der Waals surface area (Å²) in [5.41, 5.74) is -1.97. The molecular formula is C31H54N2O6. The topological polar surface area (TPSA) is 133 Å². The number of nitrogens with zero attached hydrogens (tertiary/aromatic N) is 1. The average Bonchev–Trinajstić information content (AvgIpc) is 2.87. The average molecular weight is 551 g/mol. The van der Waals surface area contributed by atoms with E-state index in [0.29, 0.717) is 25.3 Å². The Hall–Kier alpha value is -0.610. The highest BCUT2D eigenvalue weighted by Crippen LogP contribution is 2.58. The minimum atomic E-state index is -1.97. The predicted molar refractivity (Wildman–Crippen MR) is 149 cm³/mol. The fourth-order valence-electron chi connectivity index (χ4n) is 10.1. The number of carbonyl (C=O) groups excluding carboxylic acids is 1. The number of hydrogen-bond donors (Lipinski definition) is 6. The zero-order chi connectivity index (χ0) is 28.2. The van der Waals surface area contributed by atoms with E-state index in [9.17, 15) is 30.3 Å². The molecule has 8 heteroatoms. The van der Waals surface area contributed by atoms with Gasteiger partial charge < -0.3 is 35.7 Å². The van der Waals surface area contributed by atoms with Gasteiger partial charge in [-0.25, -0.2) is 0 Å². The Labute approximate surface area is 234 Å². The van der Waals surface area contributed by atoms with Crippen LogP contribution in [0.25, 0.3) is 0 Å². The van der Waals surface area contributed by atoms with Crippen LogP contribution in [-0.4, -0.2) is 99.5 Å². The van der Waals surface area contributed by atoms with Gasteiger partial charge in [-0.2, -0.15) is 0 Å². The van der Waals surface area contributed by atoms with E-state index in [-0.39, 0.29) is 29.7 Å². The maximum atomic E-state index is 13.6. The standard InChI is InChI=1S/C31H54N2O6/c1-16-10-21-11-19-12-22-23(33(3)4)13-20(15-32-14-18-8-6-5-7-9-18)27(35)26(22)28(36)25(19)30(38)31(21,39)29(37)24(16)17(2)34/h16-28,30,32,34-36,38-39H,5-15H2,1-4H3/t16?,17?,19-,20?,21-,22?,23?,24?,25?,26?,27?,28?,30?,31-/m1/s1. The number of carbonyl (C=O) groups is 1. The minimum Gasteiger partial charge on any atom is -0.393 e. The SMILES string of the molecule is CC(O)C1C(=O)[C@@]2(O)C(O)C3C(O)C4C(O)C(CNCC5CCCCC5)CC(N(C)C)C4C[C@H]3C[C@H]2CC1C. The van der Waals surface area contributed by atoms with Crippen LogP contribution in [0.3, 0.4) is 0 Å². The van der Waals surface area contributed by atoms with Gasteiger partial charge in [0.25, 0.3) is 0 Å². The molecule has 5 rings (SSSR count). The van der Waals surface area contributed by atoms with Crippen molar-refractivity contribution in [2.75, 3.05) is 27.2 Å². The van der Waals surface area contributed by atoms with Crippen LogP contribution in [0.2, 0.25) is 0 Å². The number of nitrogens with one attached hydrogen (secondary N) is 1. The maximum absolute atomic E-state index is 13.6. The Bertz CT molecular complexity index is 864. The monoisotopic (exact) mass is 550 g/mol. The molecule has 0 saturated heterocycles. The van der Waals surface area contributed by atoms with Crippen molar-refractivity contribution in [3.8, 4) is 0 Å². The van der Waals surface area contributed by atoms with Crippen molar-refractivity contribution in [3.63, 3.8) is 0 Å². The zero-order valence-corrected chi connectivity index (χ0v) is 24.5. The molecule has 0 amide bonds. The fraction of sp³-hybridized carbons (Fsp3) is 0.968. The van der Waals surface area contributed by atoms with Crippen molar-refractivity contribution in [3.05, 3.63) is 0 Å². The molecule has 11 unspecified atom stereocenters. The highest BCUT2D eigenvalue weighted by Gasteiger charge is 2.67. The largest absolute Gasteiger partial charge is 0.393 e. The summed E-state index contributed by atoms with van der Waals surface area (Å²) in [6.45, 7) is 5.19. The normalized spacial score (nSPS) is 49.7. The molecule has 5 fully saturated rings. The Kier molecular flexibility index (Phi) is 8.87. The van der Waals surface area contributed by atoms with Crippen molar-refractivity contribution in [1.82, 2.24) is 10.2 Å². The first kappa shape index (κ1) is 29.9. The van der Waals surface area contributed by atoms with E-state index in [1.54, 1.807) is 6.92 Å². The van der Waals surface area contributed by atoms with Crippen molar-refractivity contribution in [2.24, 2.45) is 53.3 Å². The molecule has 14 atom stereocenters. The van der Waals surface area contributed by atoms with Gasteiger partial charge in [-0.05, 0) is 102 Å². The Balaban J connectivity index is 1.36. The van der Waals surface area contributed by atoms with Crippen molar-refractivity contribution >= 4 is 5.78 Å². The summed E-state index contributed by atoms with van der Waals surface area (Å²) >= 11 is 0. The van der Waals surface area contributed by atoms with E-state index in [2.05, 4.69) is 24.3 Å². The molecule has 0 aromatic carbocycles. The summed E-state index contributed by atoms with van der Waals surface area (Å²) in [4.78, 5) is 15.8. The molecule has 0 aliphatic heterocycles. The Morgan fingerprint density at radius 3 is 2.31 bits per heavy atom. The van der Waals surface area contributed by atoms with E-state index in [1.807, 2.05) is 6.92 Å². The summed E-state index contributed by atoms with van der Waals surface area (Å²) in [5, 5.41) is 61.0. The number of rotatable bonds is 6. The second kappa shape index (κ2) is 11.6. The molecule has 8 nitrogen and oxygen atoms in total. The fourth-order valence-corrected chi connectivity index (χ4v) is 10.1. The summed E-state index contributed by atoms with van der Waals surface area (Å²) in [5.74, 6) is -2.04. The number of hydrogen-bond acceptors (Lipinski definition) is 8. The van der Waals surface area contributed by atoms with Gasteiger partial charge in [0.1, 0.15) is 0 Å². The molecule has 0 heterocycles. The molecule has 5 saturated carbocycles. The van der Waals surface area contributed by atoms with Crippen LogP contribution in [0, 0.1) is 53.3 Å². The van der Waals surface area contributed by atoms with Crippen molar-refractivity contribution < 1.29 is 30.3 Å². The highest BCUT2D eigenvalue weighted by molar-refractivity contribution is 5.92. The number of aliphatic hydroxyl groups excluding tert-OH is 4. The molecule has 224 valence electrons. The van der Waals surface area contributed by atoms with Crippen LogP contribution in [0.5, 0.6) is 0 Å². The molecule has 6 N–H and O–H groups in total. The van der Waals surface area contributed by atoms with Gasteiger partial charge in [-0.3, -0.25) is 4.79 Å². The van der Waals surface area contributed by atoms with Gasteiger partial charge in [0, 0.05) is 30.3 Å². The van der Waals surface area contributed by atoms with Crippen molar-refractivity contribution in [1.29, 1.82) is 0 Å². The van der Waals surface area contributed by atoms with Gasteiger partial charge in [0.15, 0.2) is 11.4 Å².